The Morgan fingerprint density at radius 1 is 1.64 bits per heavy atom. The van der Waals surface area contributed by atoms with E-state index >= 15 is 0 Å². The van der Waals surface area contributed by atoms with Gasteiger partial charge in [0.05, 0.1) is 6.21 Å². The van der Waals surface area contributed by atoms with Gasteiger partial charge in [-0.3, -0.25) is 4.79 Å². The second kappa shape index (κ2) is 4.62. The zero-order valence-electron chi connectivity index (χ0n) is 7.53. The molecule has 5 heteroatoms. The monoisotopic (exact) mass is 212 g/mol. The fourth-order valence-corrected chi connectivity index (χ4v) is 1.07. The van der Waals surface area contributed by atoms with E-state index < -0.39 is 5.91 Å². The molecule has 1 rings (SSSR count). The quantitative estimate of drug-likeness (QED) is 0.608. The van der Waals surface area contributed by atoms with Gasteiger partial charge in [0.2, 0.25) is 5.91 Å². The highest BCUT2D eigenvalue weighted by atomic mass is 35.5. The fraction of sp³-hybridized carbons (Fsp3) is 0.111. The molecule has 0 heterocycles. The van der Waals surface area contributed by atoms with E-state index in [1.807, 2.05) is 0 Å². The molecular formula is C9H9ClN2O2. The minimum atomic E-state index is -0.506. The second-order valence-corrected chi connectivity index (χ2v) is 2.92. The number of amides is 1. The summed E-state index contributed by atoms with van der Waals surface area (Å²) >= 11 is 5.84. The number of primary amides is 1. The van der Waals surface area contributed by atoms with Gasteiger partial charge >= 0.3 is 0 Å². The molecule has 1 aromatic carbocycles. The summed E-state index contributed by atoms with van der Waals surface area (Å²) in [7, 11) is 1.42. The van der Waals surface area contributed by atoms with Crippen molar-refractivity contribution in [1.29, 1.82) is 0 Å². The van der Waals surface area contributed by atoms with Crippen molar-refractivity contribution in [1.82, 2.24) is 0 Å². The first-order valence-electron chi connectivity index (χ1n) is 3.81. The lowest BCUT2D eigenvalue weighted by Gasteiger charge is -1.99. The van der Waals surface area contributed by atoms with Gasteiger partial charge in [-0.2, -0.15) is 0 Å². The molecule has 0 aliphatic heterocycles. The lowest BCUT2D eigenvalue weighted by Crippen LogP contribution is -2.11. The highest BCUT2D eigenvalue weighted by Crippen LogP contribution is 2.15. The Morgan fingerprint density at radius 2 is 2.36 bits per heavy atom. The largest absolute Gasteiger partial charge is 0.399 e. The molecule has 0 aliphatic carbocycles. The number of rotatable bonds is 3. The van der Waals surface area contributed by atoms with Gasteiger partial charge in [0.25, 0.3) is 0 Å². The van der Waals surface area contributed by atoms with Crippen LogP contribution in [0.3, 0.4) is 0 Å². The van der Waals surface area contributed by atoms with Crippen LogP contribution in [0.5, 0.6) is 0 Å². The van der Waals surface area contributed by atoms with Gasteiger partial charge in [-0.25, -0.2) is 0 Å². The van der Waals surface area contributed by atoms with Gasteiger partial charge in [-0.1, -0.05) is 16.8 Å². The van der Waals surface area contributed by atoms with Crippen molar-refractivity contribution in [3.63, 3.8) is 0 Å². The zero-order chi connectivity index (χ0) is 10.6. The number of nitrogens with zero attached hydrogens (tertiary/aromatic N) is 1. The molecular weight excluding hydrogens is 204 g/mol. The first kappa shape index (κ1) is 10.5. The summed E-state index contributed by atoms with van der Waals surface area (Å²) in [5.74, 6) is -0.506. The summed E-state index contributed by atoms with van der Waals surface area (Å²) in [6.07, 6.45) is 1.41. The second-order valence-electron chi connectivity index (χ2n) is 2.52. The molecule has 0 aliphatic rings. The van der Waals surface area contributed by atoms with E-state index in [1.165, 1.54) is 13.3 Å². The summed E-state index contributed by atoms with van der Waals surface area (Å²) in [5.41, 5.74) is 6.07. The van der Waals surface area contributed by atoms with Crippen LogP contribution >= 0.6 is 11.6 Å². The lowest BCUT2D eigenvalue weighted by molar-refractivity contribution is 0.100. The molecule has 0 spiro atoms. The van der Waals surface area contributed by atoms with Crippen LogP contribution in [-0.2, 0) is 4.84 Å². The molecule has 0 radical (unpaired) electrons. The number of nitrogens with two attached hydrogens (primary N) is 1. The third-order valence-electron chi connectivity index (χ3n) is 1.58. The zero-order valence-corrected chi connectivity index (χ0v) is 8.28. The van der Waals surface area contributed by atoms with E-state index in [0.29, 0.717) is 16.1 Å². The Hall–Kier alpha value is -1.55. The first-order valence-corrected chi connectivity index (χ1v) is 4.19. The molecule has 4 nitrogen and oxygen atoms in total. The van der Waals surface area contributed by atoms with Crippen LogP contribution in [0.25, 0.3) is 0 Å². The maximum absolute atomic E-state index is 10.8. The molecule has 14 heavy (non-hydrogen) atoms. The summed E-state index contributed by atoms with van der Waals surface area (Å²) in [6, 6.07) is 4.68. The number of hydrogen-bond acceptors (Lipinski definition) is 3. The third kappa shape index (κ3) is 2.47. The summed E-state index contributed by atoms with van der Waals surface area (Å²) in [4.78, 5) is 15.3. The topological polar surface area (TPSA) is 64.7 Å². The predicted molar refractivity (Wildman–Crippen MR) is 54.6 cm³/mol. The van der Waals surface area contributed by atoms with Crippen LogP contribution in [0.1, 0.15) is 15.9 Å². The van der Waals surface area contributed by atoms with Gasteiger partial charge in [-0.05, 0) is 18.2 Å². The Morgan fingerprint density at radius 3 is 2.93 bits per heavy atom. The Balaban J connectivity index is 3.08. The third-order valence-corrected chi connectivity index (χ3v) is 1.92. The van der Waals surface area contributed by atoms with Gasteiger partial charge in [0.1, 0.15) is 7.11 Å². The lowest BCUT2D eigenvalue weighted by atomic mass is 10.1. The minimum Gasteiger partial charge on any atom is -0.399 e. The first-order chi connectivity index (χ1) is 6.65. The summed E-state index contributed by atoms with van der Waals surface area (Å²) < 4.78 is 0. The van der Waals surface area contributed by atoms with E-state index in [4.69, 9.17) is 17.3 Å². The Bertz CT molecular complexity index is 377. The number of carbonyl (C=O) groups excluding carboxylic acids is 1. The molecule has 0 bridgehead atoms. The van der Waals surface area contributed by atoms with Crippen LogP contribution in [0.2, 0.25) is 5.02 Å². The number of carbonyl (C=O) groups is 1. The summed E-state index contributed by atoms with van der Waals surface area (Å²) in [5, 5.41) is 4.02. The van der Waals surface area contributed by atoms with E-state index in [-0.39, 0.29) is 0 Å². The average molecular weight is 213 g/mol. The minimum absolute atomic E-state index is 0.381. The maximum atomic E-state index is 10.8. The molecule has 0 fully saturated rings. The maximum Gasteiger partial charge on any atom is 0.248 e. The SMILES string of the molecule is CON=Cc1cc(C(N)=O)ccc1Cl. The van der Waals surface area contributed by atoms with Crippen LogP contribution in [0, 0.1) is 0 Å². The van der Waals surface area contributed by atoms with Gasteiger partial charge in [-0.15, -0.1) is 0 Å². The molecule has 0 aromatic heterocycles. The van der Waals surface area contributed by atoms with Crippen molar-refractivity contribution in [3.05, 3.63) is 34.3 Å². The van der Waals surface area contributed by atoms with E-state index in [9.17, 15) is 4.79 Å². The van der Waals surface area contributed by atoms with Crippen LogP contribution < -0.4 is 5.73 Å². The van der Waals surface area contributed by atoms with Gasteiger partial charge < -0.3 is 10.6 Å². The van der Waals surface area contributed by atoms with Crippen molar-refractivity contribution in [3.8, 4) is 0 Å². The Kier molecular flexibility index (Phi) is 3.48. The molecule has 0 saturated heterocycles. The highest BCUT2D eigenvalue weighted by Gasteiger charge is 2.03. The van der Waals surface area contributed by atoms with Gasteiger partial charge in [0, 0.05) is 16.1 Å². The molecule has 0 atom stereocenters. The molecule has 0 saturated carbocycles. The Labute approximate surface area is 86.3 Å². The highest BCUT2D eigenvalue weighted by molar-refractivity contribution is 6.33. The number of oxime groups is 1. The molecule has 1 aromatic rings. The van der Waals surface area contributed by atoms with E-state index in [0.717, 1.165) is 0 Å². The predicted octanol–water partition coefficient (Wildman–Crippen LogP) is 1.42. The summed E-state index contributed by atoms with van der Waals surface area (Å²) in [6.45, 7) is 0. The van der Waals surface area contributed by atoms with Crippen molar-refractivity contribution in [2.75, 3.05) is 7.11 Å². The number of hydrogen-bond donors (Lipinski definition) is 1. The van der Waals surface area contributed by atoms with Crippen molar-refractivity contribution < 1.29 is 9.63 Å². The van der Waals surface area contributed by atoms with Crippen LogP contribution in [0.15, 0.2) is 23.4 Å². The standard InChI is InChI=1S/C9H9ClN2O2/c1-14-12-5-7-4-6(9(11)13)2-3-8(7)10/h2-5H,1H3,(H2,11,13). The fourth-order valence-electron chi connectivity index (χ4n) is 0.905. The van der Waals surface area contributed by atoms with E-state index in [1.54, 1.807) is 18.2 Å². The van der Waals surface area contributed by atoms with Crippen molar-refractivity contribution >= 4 is 23.7 Å². The molecule has 0 unspecified atom stereocenters. The van der Waals surface area contributed by atoms with E-state index in [2.05, 4.69) is 9.99 Å². The smallest absolute Gasteiger partial charge is 0.248 e. The molecule has 74 valence electrons. The molecule has 2 N–H and O–H groups in total. The average Bonchev–Trinajstić information content (AvgIpc) is 2.16. The molecule has 1 amide bonds. The number of benzene rings is 1. The van der Waals surface area contributed by atoms with Crippen molar-refractivity contribution in [2.24, 2.45) is 10.9 Å². The van der Waals surface area contributed by atoms with Crippen LogP contribution in [0.4, 0.5) is 0 Å². The van der Waals surface area contributed by atoms with Crippen molar-refractivity contribution in [2.45, 2.75) is 0 Å². The normalized spacial score (nSPS) is 10.4. The van der Waals surface area contributed by atoms with Crippen LogP contribution in [-0.4, -0.2) is 19.2 Å². The number of halogens is 1. The van der Waals surface area contributed by atoms with Gasteiger partial charge in [0.15, 0.2) is 0 Å².